The van der Waals surface area contributed by atoms with Crippen LogP contribution < -0.4 is 10.6 Å². The van der Waals surface area contributed by atoms with E-state index in [0.717, 1.165) is 18.1 Å². The number of aromatic nitrogens is 1. The summed E-state index contributed by atoms with van der Waals surface area (Å²) < 4.78 is 0. The molecule has 20 heavy (non-hydrogen) atoms. The van der Waals surface area contributed by atoms with Gasteiger partial charge in [0.2, 0.25) is 0 Å². The van der Waals surface area contributed by atoms with Gasteiger partial charge in [-0.15, -0.1) is 0 Å². The molecule has 1 aromatic carbocycles. The monoisotopic (exact) mass is 269 g/mol. The largest absolute Gasteiger partial charge is 0.353 e. The van der Waals surface area contributed by atoms with E-state index in [2.05, 4.69) is 42.2 Å². The summed E-state index contributed by atoms with van der Waals surface area (Å²) in [6.45, 7) is 3.85. The van der Waals surface area contributed by atoms with Gasteiger partial charge < -0.3 is 10.6 Å². The fraction of sp³-hybridized carbons (Fsp3) is 0.471. The second-order valence-electron chi connectivity index (χ2n) is 5.64. The van der Waals surface area contributed by atoms with Crippen LogP contribution >= 0.6 is 0 Å². The smallest absolute Gasteiger partial charge is 0.137 e. The third-order valence-electron chi connectivity index (χ3n) is 3.99. The molecule has 3 rings (SSSR count). The molecule has 1 aliphatic carbocycles. The lowest BCUT2D eigenvalue weighted by molar-refractivity contribution is 0.705. The average Bonchev–Trinajstić information content (AvgIpc) is 3.32. The molecule has 0 atom stereocenters. The quantitative estimate of drug-likeness (QED) is 0.873. The fourth-order valence-electron chi connectivity index (χ4n) is 2.73. The first-order chi connectivity index (χ1) is 9.83. The van der Waals surface area contributed by atoms with Crippen LogP contribution in [-0.4, -0.2) is 17.6 Å². The summed E-state index contributed by atoms with van der Waals surface area (Å²) in [7, 11) is 0. The van der Waals surface area contributed by atoms with Crippen LogP contribution in [0.1, 0.15) is 38.3 Å². The van der Waals surface area contributed by atoms with E-state index in [4.69, 9.17) is 10.7 Å². The zero-order valence-electron chi connectivity index (χ0n) is 12.2. The molecule has 0 amide bonds. The minimum atomic E-state index is 0.504. The van der Waals surface area contributed by atoms with E-state index >= 15 is 0 Å². The molecule has 1 aromatic heterocycles. The Morgan fingerprint density at radius 1 is 1.30 bits per heavy atom. The second kappa shape index (κ2) is 5.80. The normalized spacial score (nSPS) is 14.7. The average molecular weight is 269 g/mol. The Morgan fingerprint density at radius 2 is 2.10 bits per heavy atom. The zero-order valence-corrected chi connectivity index (χ0v) is 12.2. The standard InChI is InChI=1S/C17H23N3/c1-2-3-10-20(15-8-9-15)17-16-7-5-4-6-13(16)11-14(12-18)19-17/h4-7,11,15H,2-3,8-10,12,18H2,1H3. The molecule has 2 aromatic rings. The molecule has 0 radical (unpaired) electrons. The van der Waals surface area contributed by atoms with E-state index in [0.29, 0.717) is 12.6 Å². The predicted molar refractivity (Wildman–Crippen MR) is 84.9 cm³/mol. The van der Waals surface area contributed by atoms with Gasteiger partial charge in [0.05, 0.1) is 5.69 Å². The molecule has 0 spiro atoms. The highest BCUT2D eigenvalue weighted by Crippen LogP contribution is 2.35. The molecule has 106 valence electrons. The number of anilines is 1. The van der Waals surface area contributed by atoms with Crippen LogP contribution in [-0.2, 0) is 6.54 Å². The number of hydrogen-bond donors (Lipinski definition) is 1. The Hall–Kier alpha value is -1.61. The maximum atomic E-state index is 5.82. The van der Waals surface area contributed by atoms with Crippen LogP contribution in [0.15, 0.2) is 30.3 Å². The van der Waals surface area contributed by atoms with Crippen molar-refractivity contribution in [3.63, 3.8) is 0 Å². The van der Waals surface area contributed by atoms with Gasteiger partial charge in [-0.25, -0.2) is 4.98 Å². The first-order valence-electron chi connectivity index (χ1n) is 7.69. The fourth-order valence-corrected chi connectivity index (χ4v) is 2.73. The number of unbranched alkanes of at least 4 members (excludes halogenated alkanes) is 1. The summed E-state index contributed by atoms with van der Waals surface area (Å²) in [6, 6.07) is 11.3. The van der Waals surface area contributed by atoms with Crippen LogP contribution in [0.2, 0.25) is 0 Å². The third kappa shape index (κ3) is 2.63. The summed E-state index contributed by atoms with van der Waals surface area (Å²) in [4.78, 5) is 7.34. The number of rotatable bonds is 6. The van der Waals surface area contributed by atoms with E-state index < -0.39 is 0 Å². The number of benzene rings is 1. The van der Waals surface area contributed by atoms with Crippen molar-refractivity contribution in [2.24, 2.45) is 5.73 Å². The van der Waals surface area contributed by atoms with Crippen molar-refractivity contribution in [2.75, 3.05) is 11.4 Å². The van der Waals surface area contributed by atoms with E-state index in [1.165, 1.54) is 36.5 Å². The molecule has 3 heteroatoms. The van der Waals surface area contributed by atoms with Gasteiger partial charge in [0, 0.05) is 24.5 Å². The highest BCUT2D eigenvalue weighted by molar-refractivity contribution is 5.92. The van der Waals surface area contributed by atoms with Gasteiger partial charge in [-0.3, -0.25) is 0 Å². The Bertz CT molecular complexity index is 590. The minimum Gasteiger partial charge on any atom is -0.353 e. The van der Waals surface area contributed by atoms with Crippen LogP contribution in [0, 0.1) is 0 Å². The molecule has 0 saturated heterocycles. The van der Waals surface area contributed by atoms with Crippen molar-refractivity contribution in [1.29, 1.82) is 0 Å². The number of fused-ring (bicyclic) bond motifs is 1. The Balaban J connectivity index is 2.06. The predicted octanol–water partition coefficient (Wildman–Crippen LogP) is 3.46. The lowest BCUT2D eigenvalue weighted by Gasteiger charge is -2.25. The topological polar surface area (TPSA) is 42.2 Å². The van der Waals surface area contributed by atoms with Crippen molar-refractivity contribution in [3.8, 4) is 0 Å². The minimum absolute atomic E-state index is 0.504. The van der Waals surface area contributed by atoms with Crippen molar-refractivity contribution in [1.82, 2.24) is 4.98 Å². The molecule has 1 fully saturated rings. The van der Waals surface area contributed by atoms with Crippen LogP contribution in [0.4, 0.5) is 5.82 Å². The highest BCUT2D eigenvalue weighted by Gasteiger charge is 2.30. The maximum Gasteiger partial charge on any atom is 0.137 e. The molecule has 3 nitrogen and oxygen atoms in total. The number of hydrogen-bond acceptors (Lipinski definition) is 3. The van der Waals surface area contributed by atoms with Crippen LogP contribution in [0.5, 0.6) is 0 Å². The summed E-state index contributed by atoms with van der Waals surface area (Å²) in [6.07, 6.45) is 5.04. The summed E-state index contributed by atoms with van der Waals surface area (Å²) in [5.74, 6) is 1.14. The lowest BCUT2D eigenvalue weighted by atomic mass is 10.1. The van der Waals surface area contributed by atoms with E-state index in [1.54, 1.807) is 0 Å². The number of pyridine rings is 1. The molecule has 2 N–H and O–H groups in total. The van der Waals surface area contributed by atoms with Crippen molar-refractivity contribution >= 4 is 16.6 Å². The molecule has 0 bridgehead atoms. The van der Waals surface area contributed by atoms with Crippen LogP contribution in [0.3, 0.4) is 0 Å². The van der Waals surface area contributed by atoms with Gasteiger partial charge in [0.25, 0.3) is 0 Å². The van der Waals surface area contributed by atoms with Gasteiger partial charge >= 0.3 is 0 Å². The highest BCUT2D eigenvalue weighted by atomic mass is 15.2. The summed E-state index contributed by atoms with van der Waals surface area (Å²) >= 11 is 0. The van der Waals surface area contributed by atoms with Gasteiger partial charge in [-0.05, 0) is 30.7 Å². The Labute approximate surface area is 120 Å². The number of nitrogens with zero attached hydrogens (tertiary/aromatic N) is 2. The molecule has 0 unspecified atom stereocenters. The van der Waals surface area contributed by atoms with E-state index in [1.807, 2.05) is 0 Å². The molecular weight excluding hydrogens is 246 g/mol. The van der Waals surface area contributed by atoms with Gasteiger partial charge in [0.15, 0.2) is 0 Å². The first kappa shape index (κ1) is 13.4. The molecule has 1 heterocycles. The van der Waals surface area contributed by atoms with Gasteiger partial charge in [-0.2, -0.15) is 0 Å². The molecule has 1 saturated carbocycles. The summed E-state index contributed by atoms with van der Waals surface area (Å²) in [5.41, 5.74) is 6.81. The second-order valence-corrected chi connectivity index (χ2v) is 5.64. The number of nitrogens with two attached hydrogens (primary N) is 1. The van der Waals surface area contributed by atoms with Crippen molar-refractivity contribution in [3.05, 3.63) is 36.0 Å². The lowest BCUT2D eigenvalue weighted by Crippen LogP contribution is -2.28. The molecular formula is C17H23N3. The van der Waals surface area contributed by atoms with Crippen molar-refractivity contribution < 1.29 is 0 Å². The third-order valence-corrected chi connectivity index (χ3v) is 3.99. The first-order valence-corrected chi connectivity index (χ1v) is 7.69. The molecule has 0 aliphatic heterocycles. The molecule has 1 aliphatic rings. The SMILES string of the molecule is CCCCN(c1nc(CN)cc2ccccc12)C1CC1. The van der Waals surface area contributed by atoms with Gasteiger partial charge in [-0.1, -0.05) is 37.6 Å². The Kier molecular flexibility index (Phi) is 3.88. The van der Waals surface area contributed by atoms with E-state index in [9.17, 15) is 0 Å². The van der Waals surface area contributed by atoms with Crippen molar-refractivity contribution in [2.45, 2.75) is 45.2 Å². The summed E-state index contributed by atoms with van der Waals surface area (Å²) in [5, 5.41) is 2.51. The Morgan fingerprint density at radius 3 is 2.80 bits per heavy atom. The van der Waals surface area contributed by atoms with Gasteiger partial charge in [0.1, 0.15) is 5.82 Å². The maximum absolute atomic E-state index is 5.82. The van der Waals surface area contributed by atoms with Crippen LogP contribution in [0.25, 0.3) is 10.8 Å². The van der Waals surface area contributed by atoms with E-state index in [-0.39, 0.29) is 0 Å². The zero-order chi connectivity index (χ0) is 13.9.